The van der Waals surface area contributed by atoms with Crippen molar-refractivity contribution in [3.05, 3.63) is 58.9 Å². The number of hydrogen-bond acceptors (Lipinski definition) is 2. The Labute approximate surface area is 152 Å². The average molecular weight is 341 g/mol. The highest BCUT2D eigenvalue weighted by Gasteiger charge is 2.31. The summed E-state index contributed by atoms with van der Waals surface area (Å²) in [4.78, 5) is 2.52. The van der Waals surface area contributed by atoms with Gasteiger partial charge < -0.3 is 9.67 Å². The van der Waals surface area contributed by atoms with Crippen LogP contribution in [0.15, 0.2) is 36.4 Å². The standard InChI is InChI=1S/C22H32N2O/c1-4-14-23(15-7-16-24-17(2)10-11-18(24)3)21-13-12-19-8-5-6-9-20(19)22(21)25/h5-6,8-11,21-22,25H,4,7,12-16H2,1-3H3. The summed E-state index contributed by atoms with van der Waals surface area (Å²) in [5.41, 5.74) is 5.13. The molecule has 2 atom stereocenters. The van der Waals surface area contributed by atoms with E-state index in [9.17, 15) is 5.11 Å². The van der Waals surface area contributed by atoms with E-state index in [0.717, 1.165) is 50.9 Å². The first-order chi connectivity index (χ1) is 12.1. The fourth-order valence-electron chi connectivity index (χ4n) is 4.32. The van der Waals surface area contributed by atoms with Crippen LogP contribution in [0.4, 0.5) is 0 Å². The van der Waals surface area contributed by atoms with Crippen LogP contribution in [-0.4, -0.2) is 33.7 Å². The fourth-order valence-corrected chi connectivity index (χ4v) is 4.32. The zero-order valence-corrected chi connectivity index (χ0v) is 15.9. The van der Waals surface area contributed by atoms with E-state index >= 15 is 0 Å². The third-order valence-electron chi connectivity index (χ3n) is 5.67. The van der Waals surface area contributed by atoms with E-state index in [1.165, 1.54) is 17.0 Å². The maximum atomic E-state index is 10.9. The highest BCUT2D eigenvalue weighted by Crippen LogP contribution is 2.33. The van der Waals surface area contributed by atoms with E-state index in [0.29, 0.717) is 0 Å². The molecule has 2 unspecified atom stereocenters. The van der Waals surface area contributed by atoms with Crippen LogP contribution in [0.2, 0.25) is 0 Å². The number of aliphatic hydroxyl groups is 1. The van der Waals surface area contributed by atoms with Gasteiger partial charge in [-0.2, -0.15) is 0 Å². The molecule has 3 nitrogen and oxygen atoms in total. The van der Waals surface area contributed by atoms with Crippen molar-refractivity contribution in [1.82, 2.24) is 9.47 Å². The molecule has 136 valence electrons. The summed E-state index contributed by atoms with van der Waals surface area (Å²) >= 11 is 0. The molecular formula is C22H32N2O. The summed E-state index contributed by atoms with van der Waals surface area (Å²) in [6.07, 6.45) is 4.04. The quantitative estimate of drug-likeness (QED) is 0.816. The number of hydrogen-bond donors (Lipinski definition) is 1. The van der Waals surface area contributed by atoms with Gasteiger partial charge in [-0.3, -0.25) is 4.90 Å². The maximum absolute atomic E-state index is 10.9. The largest absolute Gasteiger partial charge is 0.387 e. The predicted octanol–water partition coefficient (Wildman–Crippen LogP) is 4.26. The summed E-state index contributed by atoms with van der Waals surface area (Å²) in [5, 5.41) is 10.9. The topological polar surface area (TPSA) is 28.4 Å². The fraction of sp³-hybridized carbons (Fsp3) is 0.545. The van der Waals surface area contributed by atoms with Gasteiger partial charge >= 0.3 is 0 Å². The molecule has 0 bridgehead atoms. The van der Waals surface area contributed by atoms with Crippen LogP contribution < -0.4 is 0 Å². The van der Waals surface area contributed by atoms with E-state index in [2.05, 4.69) is 60.6 Å². The molecule has 0 fully saturated rings. The Kier molecular flexibility index (Phi) is 5.98. The van der Waals surface area contributed by atoms with Gasteiger partial charge in [0.2, 0.25) is 0 Å². The second kappa shape index (κ2) is 8.20. The summed E-state index contributed by atoms with van der Waals surface area (Å²) < 4.78 is 2.40. The van der Waals surface area contributed by atoms with Crippen molar-refractivity contribution in [2.45, 2.75) is 65.1 Å². The monoisotopic (exact) mass is 340 g/mol. The van der Waals surface area contributed by atoms with E-state index < -0.39 is 0 Å². The molecule has 0 spiro atoms. The summed E-state index contributed by atoms with van der Waals surface area (Å²) in [6, 6.07) is 13.0. The Hall–Kier alpha value is -1.58. The lowest BCUT2D eigenvalue weighted by Gasteiger charge is -2.38. The number of aliphatic hydroxyl groups excluding tert-OH is 1. The van der Waals surface area contributed by atoms with Gasteiger partial charge in [0.05, 0.1) is 6.10 Å². The molecule has 1 aliphatic carbocycles. The molecule has 1 N–H and O–H groups in total. The number of benzene rings is 1. The van der Waals surface area contributed by atoms with Crippen molar-refractivity contribution in [3.63, 3.8) is 0 Å². The Bertz CT molecular complexity index is 672. The molecule has 0 aliphatic heterocycles. The molecule has 0 saturated heterocycles. The van der Waals surface area contributed by atoms with Crippen LogP contribution in [0.25, 0.3) is 0 Å². The number of aromatic nitrogens is 1. The van der Waals surface area contributed by atoms with Gasteiger partial charge in [0, 0.05) is 30.5 Å². The lowest BCUT2D eigenvalue weighted by Crippen LogP contribution is -2.43. The highest BCUT2D eigenvalue weighted by atomic mass is 16.3. The van der Waals surface area contributed by atoms with Crippen LogP contribution >= 0.6 is 0 Å². The first kappa shape index (κ1) is 18.2. The van der Waals surface area contributed by atoms with E-state index in [1.807, 2.05) is 6.07 Å². The first-order valence-corrected chi connectivity index (χ1v) is 9.74. The highest BCUT2D eigenvalue weighted by molar-refractivity contribution is 5.32. The zero-order valence-electron chi connectivity index (χ0n) is 15.9. The predicted molar refractivity (Wildman–Crippen MR) is 104 cm³/mol. The minimum absolute atomic E-state index is 0.252. The van der Waals surface area contributed by atoms with Crippen LogP contribution in [0.1, 0.15) is 54.8 Å². The minimum atomic E-state index is -0.355. The second-order valence-electron chi connectivity index (χ2n) is 7.41. The Balaban J connectivity index is 1.65. The van der Waals surface area contributed by atoms with Gasteiger partial charge in [-0.1, -0.05) is 31.2 Å². The summed E-state index contributed by atoms with van der Waals surface area (Å²) in [7, 11) is 0. The molecule has 25 heavy (non-hydrogen) atoms. The smallest absolute Gasteiger partial charge is 0.0947 e. The molecule has 1 aromatic carbocycles. The normalized spacial score (nSPS) is 20.0. The molecule has 3 heteroatoms. The van der Waals surface area contributed by atoms with Crippen molar-refractivity contribution in [1.29, 1.82) is 0 Å². The third-order valence-corrected chi connectivity index (χ3v) is 5.67. The lowest BCUT2D eigenvalue weighted by molar-refractivity contribution is 0.0345. The van der Waals surface area contributed by atoms with E-state index in [4.69, 9.17) is 0 Å². The van der Waals surface area contributed by atoms with Crippen LogP contribution in [0.3, 0.4) is 0 Å². The lowest BCUT2D eigenvalue weighted by atomic mass is 9.85. The van der Waals surface area contributed by atoms with Crippen molar-refractivity contribution >= 4 is 0 Å². The molecule has 1 aliphatic rings. The number of fused-ring (bicyclic) bond motifs is 1. The van der Waals surface area contributed by atoms with Gasteiger partial charge in [-0.15, -0.1) is 0 Å². The van der Waals surface area contributed by atoms with Crippen molar-refractivity contribution in [2.24, 2.45) is 0 Å². The van der Waals surface area contributed by atoms with Gasteiger partial charge in [0.25, 0.3) is 0 Å². The number of aryl methyl sites for hydroxylation is 3. The molecule has 0 radical (unpaired) electrons. The zero-order chi connectivity index (χ0) is 17.8. The van der Waals surface area contributed by atoms with Crippen molar-refractivity contribution in [2.75, 3.05) is 13.1 Å². The number of rotatable bonds is 7. The molecule has 3 rings (SSSR count). The average Bonchev–Trinajstić information content (AvgIpc) is 2.94. The Morgan fingerprint density at radius 2 is 1.80 bits per heavy atom. The SMILES string of the molecule is CCCN(CCCn1c(C)ccc1C)C1CCc2ccccc2C1O. The van der Waals surface area contributed by atoms with Crippen LogP contribution in [-0.2, 0) is 13.0 Å². The molecule has 0 saturated carbocycles. The van der Waals surface area contributed by atoms with Crippen molar-refractivity contribution in [3.8, 4) is 0 Å². The summed E-state index contributed by atoms with van der Waals surface area (Å²) in [5.74, 6) is 0. The van der Waals surface area contributed by atoms with Crippen LogP contribution in [0, 0.1) is 13.8 Å². The van der Waals surface area contributed by atoms with Crippen molar-refractivity contribution < 1.29 is 5.11 Å². The molecule has 2 aromatic rings. The van der Waals surface area contributed by atoms with Gasteiger partial charge in [-0.25, -0.2) is 0 Å². The Morgan fingerprint density at radius 1 is 1.08 bits per heavy atom. The van der Waals surface area contributed by atoms with Gasteiger partial charge in [-0.05, 0) is 69.3 Å². The van der Waals surface area contributed by atoms with E-state index in [1.54, 1.807) is 0 Å². The second-order valence-corrected chi connectivity index (χ2v) is 7.41. The van der Waals surface area contributed by atoms with Gasteiger partial charge in [0.1, 0.15) is 0 Å². The maximum Gasteiger partial charge on any atom is 0.0947 e. The Morgan fingerprint density at radius 3 is 2.52 bits per heavy atom. The minimum Gasteiger partial charge on any atom is -0.387 e. The molecule has 1 aromatic heterocycles. The first-order valence-electron chi connectivity index (χ1n) is 9.74. The molecule has 1 heterocycles. The molecular weight excluding hydrogens is 308 g/mol. The van der Waals surface area contributed by atoms with E-state index in [-0.39, 0.29) is 12.1 Å². The third kappa shape index (κ3) is 3.99. The summed E-state index contributed by atoms with van der Waals surface area (Å²) in [6.45, 7) is 9.76. The van der Waals surface area contributed by atoms with Crippen LogP contribution in [0.5, 0.6) is 0 Å². The van der Waals surface area contributed by atoms with Gasteiger partial charge in [0.15, 0.2) is 0 Å². The number of nitrogens with zero attached hydrogens (tertiary/aromatic N) is 2. The molecule has 0 amide bonds.